The number of hydrogen-bond donors (Lipinski definition) is 2. The zero-order valence-electron chi connectivity index (χ0n) is 22.0. The monoisotopic (exact) mass is 520 g/mol. The number of nitrogens with two attached hydrogens (primary N) is 1. The van der Waals surface area contributed by atoms with E-state index < -0.39 is 18.5 Å². The molecule has 1 amide bonds. The Morgan fingerprint density at radius 2 is 1.59 bits per heavy atom. The lowest BCUT2D eigenvalue weighted by atomic mass is 10.0. The first kappa shape index (κ1) is 26.0. The molecule has 0 bridgehead atoms. The molecule has 0 saturated heterocycles. The summed E-state index contributed by atoms with van der Waals surface area (Å²) in [5, 5.41) is 10.7. The number of amides is 1. The van der Waals surface area contributed by atoms with Gasteiger partial charge < -0.3 is 20.1 Å². The van der Waals surface area contributed by atoms with E-state index in [4.69, 9.17) is 10.5 Å². The van der Waals surface area contributed by atoms with E-state index in [1.54, 1.807) is 6.07 Å². The highest BCUT2D eigenvalue weighted by atomic mass is 16.5. The largest absolute Gasteiger partial charge is 0.481 e. The van der Waals surface area contributed by atoms with Crippen molar-refractivity contribution in [1.29, 1.82) is 0 Å². The van der Waals surface area contributed by atoms with E-state index in [1.807, 2.05) is 36.4 Å². The van der Waals surface area contributed by atoms with Gasteiger partial charge in [-0.25, -0.2) is 4.79 Å². The average molecular weight is 521 g/mol. The van der Waals surface area contributed by atoms with E-state index in [1.165, 1.54) is 0 Å². The zero-order chi connectivity index (χ0) is 27.4. The van der Waals surface area contributed by atoms with Crippen LogP contribution in [0.5, 0.6) is 5.75 Å². The van der Waals surface area contributed by atoms with Crippen molar-refractivity contribution in [2.45, 2.75) is 39.2 Å². The summed E-state index contributed by atoms with van der Waals surface area (Å²) >= 11 is 0. The van der Waals surface area contributed by atoms with Crippen molar-refractivity contribution in [3.63, 3.8) is 0 Å². The van der Waals surface area contributed by atoms with Crippen molar-refractivity contribution in [2.24, 2.45) is 5.73 Å². The molecule has 0 atom stereocenters. The highest BCUT2D eigenvalue weighted by Gasteiger charge is 2.21. The summed E-state index contributed by atoms with van der Waals surface area (Å²) in [5.74, 6) is -1.14. The first-order chi connectivity index (χ1) is 19.0. The van der Waals surface area contributed by atoms with E-state index in [-0.39, 0.29) is 0 Å². The van der Waals surface area contributed by atoms with Gasteiger partial charge in [0.2, 0.25) is 5.91 Å². The second kappa shape index (κ2) is 11.4. The van der Waals surface area contributed by atoms with Gasteiger partial charge in [-0.05, 0) is 65.4 Å². The van der Waals surface area contributed by atoms with Crippen LogP contribution >= 0.6 is 0 Å². The van der Waals surface area contributed by atoms with Gasteiger partial charge in [-0.15, -0.1) is 0 Å². The molecule has 5 aromatic rings. The van der Waals surface area contributed by atoms with Crippen molar-refractivity contribution in [3.8, 4) is 16.9 Å². The number of ether oxygens (including phenoxy) is 1. The Morgan fingerprint density at radius 1 is 0.821 bits per heavy atom. The molecule has 6 heteroatoms. The molecule has 4 aromatic carbocycles. The number of hydrogen-bond acceptors (Lipinski definition) is 3. The molecule has 3 N–H and O–H groups in total. The van der Waals surface area contributed by atoms with Crippen molar-refractivity contribution in [2.75, 3.05) is 6.61 Å². The van der Waals surface area contributed by atoms with Gasteiger partial charge in [0.05, 0.1) is 16.4 Å². The number of aliphatic carboxylic acids is 1. The number of aryl methyl sites for hydroxylation is 1. The number of benzene rings is 4. The van der Waals surface area contributed by atoms with E-state index in [2.05, 4.69) is 54.0 Å². The van der Waals surface area contributed by atoms with Crippen molar-refractivity contribution < 1.29 is 19.4 Å². The second-order valence-corrected chi connectivity index (χ2v) is 9.84. The Hall–Kier alpha value is -4.58. The molecule has 0 radical (unpaired) electrons. The summed E-state index contributed by atoms with van der Waals surface area (Å²) in [7, 11) is 0. The maximum Gasteiger partial charge on any atom is 0.341 e. The summed E-state index contributed by atoms with van der Waals surface area (Å²) in [4.78, 5) is 24.0. The number of carboxylic acid groups (broad SMARTS) is 1. The lowest BCUT2D eigenvalue weighted by molar-refractivity contribution is -0.139. The Balaban J connectivity index is 1.72. The van der Waals surface area contributed by atoms with Crippen molar-refractivity contribution in [3.05, 3.63) is 102 Å². The van der Waals surface area contributed by atoms with Crippen molar-refractivity contribution in [1.82, 2.24) is 4.57 Å². The third kappa shape index (κ3) is 5.50. The van der Waals surface area contributed by atoms with Crippen LogP contribution in [-0.4, -0.2) is 28.2 Å². The van der Waals surface area contributed by atoms with E-state index in [0.717, 1.165) is 59.0 Å². The number of fused-ring (bicyclic) bond motifs is 3. The van der Waals surface area contributed by atoms with E-state index in [9.17, 15) is 14.7 Å². The minimum Gasteiger partial charge on any atom is -0.481 e. The summed E-state index contributed by atoms with van der Waals surface area (Å²) in [6, 6.07) is 28.2. The number of carboxylic acids is 1. The fourth-order valence-corrected chi connectivity index (χ4v) is 5.29. The highest BCUT2D eigenvalue weighted by Crippen LogP contribution is 2.39. The summed E-state index contributed by atoms with van der Waals surface area (Å²) < 4.78 is 8.02. The number of aromatic nitrogens is 1. The molecule has 0 unspecified atom stereocenters. The van der Waals surface area contributed by atoms with Gasteiger partial charge in [-0.3, -0.25) is 4.79 Å². The number of carbonyl (C=O) groups excluding carboxylic acids is 1. The lowest BCUT2D eigenvalue weighted by Crippen LogP contribution is -2.12. The molecule has 1 aromatic heterocycles. The van der Waals surface area contributed by atoms with Crippen molar-refractivity contribution >= 4 is 33.7 Å². The first-order valence-electron chi connectivity index (χ1n) is 13.3. The van der Waals surface area contributed by atoms with Crippen LogP contribution in [0.2, 0.25) is 0 Å². The molecule has 6 nitrogen and oxygen atoms in total. The average Bonchev–Trinajstić information content (AvgIpc) is 3.26. The molecule has 0 saturated carbocycles. The maximum absolute atomic E-state index is 12.5. The Kier molecular flexibility index (Phi) is 7.64. The number of primary amides is 1. The predicted octanol–water partition coefficient (Wildman–Crippen LogP) is 6.80. The smallest absolute Gasteiger partial charge is 0.341 e. The van der Waals surface area contributed by atoms with Gasteiger partial charge in [0, 0.05) is 17.5 Å². The lowest BCUT2D eigenvalue weighted by Gasteiger charge is -2.12. The molecule has 0 spiro atoms. The molecule has 1 heterocycles. The summed E-state index contributed by atoms with van der Waals surface area (Å²) in [6.45, 7) is 2.25. The number of unbranched alkanes of at least 4 members (excludes halogenated alkanes) is 2. The third-order valence-electron chi connectivity index (χ3n) is 7.08. The quantitative estimate of drug-likeness (QED) is 0.187. The second-order valence-electron chi connectivity index (χ2n) is 9.84. The van der Waals surface area contributed by atoms with Crippen LogP contribution in [0.15, 0.2) is 84.9 Å². The van der Waals surface area contributed by atoms with Gasteiger partial charge in [-0.2, -0.15) is 0 Å². The van der Waals surface area contributed by atoms with Gasteiger partial charge in [0.1, 0.15) is 5.75 Å². The Bertz CT molecular complexity index is 1650. The molecular formula is C33H32N2O4. The van der Waals surface area contributed by atoms with Crippen LogP contribution in [0.4, 0.5) is 0 Å². The minimum absolute atomic E-state index is 0.383. The molecular weight excluding hydrogens is 488 g/mol. The van der Waals surface area contributed by atoms with Gasteiger partial charge >= 0.3 is 5.97 Å². The van der Waals surface area contributed by atoms with Gasteiger partial charge in [0.25, 0.3) is 0 Å². The topological polar surface area (TPSA) is 94.6 Å². The molecule has 198 valence electrons. The van der Waals surface area contributed by atoms with E-state index in [0.29, 0.717) is 28.6 Å². The highest BCUT2D eigenvalue weighted by molar-refractivity contribution is 6.20. The molecule has 0 aliphatic rings. The summed E-state index contributed by atoms with van der Waals surface area (Å²) in [6.07, 6.45) is 4.07. The van der Waals surface area contributed by atoms with Crippen LogP contribution in [0.3, 0.4) is 0 Å². The van der Waals surface area contributed by atoms with Crippen LogP contribution in [0.1, 0.15) is 47.7 Å². The Labute approximate surface area is 227 Å². The maximum atomic E-state index is 12.5. The van der Waals surface area contributed by atoms with Crippen LogP contribution in [-0.2, 0) is 17.8 Å². The molecule has 0 aliphatic carbocycles. The molecule has 39 heavy (non-hydrogen) atoms. The number of rotatable bonds is 11. The van der Waals surface area contributed by atoms with Crippen LogP contribution in [0.25, 0.3) is 32.9 Å². The van der Waals surface area contributed by atoms with Crippen LogP contribution < -0.4 is 10.5 Å². The fourth-order valence-electron chi connectivity index (χ4n) is 5.29. The Morgan fingerprint density at radius 3 is 2.33 bits per heavy atom. The SMILES string of the molecule is CCCCCc1cc(OCC(=O)O)c2c3c(C(N)=O)cccc3n(Cc3cccc(-c4ccccc4)c3)c2c1. The molecule has 0 aliphatic heterocycles. The van der Waals surface area contributed by atoms with E-state index >= 15 is 0 Å². The number of carbonyl (C=O) groups is 2. The predicted molar refractivity (Wildman–Crippen MR) is 155 cm³/mol. The minimum atomic E-state index is -1.06. The van der Waals surface area contributed by atoms with Crippen LogP contribution in [0, 0.1) is 0 Å². The standard InChI is InChI=1S/C33H32N2O4/c1-2-3-5-10-22-18-28-32(29(19-22)39-21-30(36)37)31-26(33(34)38)15-9-16-27(31)35(28)20-23-11-8-14-25(17-23)24-12-6-4-7-13-24/h4,6-9,11-19H,2-3,5,10,20-21H2,1H3,(H2,34,38)(H,36,37). The molecule has 5 rings (SSSR count). The zero-order valence-corrected chi connectivity index (χ0v) is 22.0. The fraction of sp³-hybridized carbons (Fsp3) is 0.212. The van der Waals surface area contributed by atoms with Gasteiger partial charge in [0.15, 0.2) is 6.61 Å². The normalized spacial score (nSPS) is 11.2. The number of nitrogens with zero attached hydrogens (tertiary/aromatic N) is 1. The summed E-state index contributed by atoms with van der Waals surface area (Å²) in [5.41, 5.74) is 12.4. The first-order valence-corrected chi connectivity index (χ1v) is 13.3. The molecule has 0 fully saturated rings. The van der Waals surface area contributed by atoms with Gasteiger partial charge in [-0.1, -0.05) is 74.4 Å². The third-order valence-corrected chi connectivity index (χ3v) is 7.08.